The van der Waals surface area contributed by atoms with Crippen molar-refractivity contribution in [3.05, 3.63) is 96.7 Å². The minimum Gasteiger partial charge on any atom is -0.497 e. The molecular formula is C29H29N2O2+. The lowest BCUT2D eigenvalue weighted by Gasteiger charge is -2.29. The molecule has 4 aromatic rings. The van der Waals surface area contributed by atoms with Crippen molar-refractivity contribution in [2.75, 3.05) is 19.1 Å². The quantitative estimate of drug-likeness (QED) is 0.321. The zero-order valence-corrected chi connectivity index (χ0v) is 19.5. The van der Waals surface area contributed by atoms with Gasteiger partial charge in [-0.3, -0.25) is 0 Å². The molecule has 4 heteroatoms. The van der Waals surface area contributed by atoms with Crippen LogP contribution >= 0.6 is 0 Å². The van der Waals surface area contributed by atoms with E-state index in [0.29, 0.717) is 12.0 Å². The van der Waals surface area contributed by atoms with Gasteiger partial charge in [0.05, 0.1) is 19.8 Å². The van der Waals surface area contributed by atoms with Crippen LogP contribution in [0.5, 0.6) is 11.5 Å². The molecule has 0 saturated carbocycles. The van der Waals surface area contributed by atoms with Crippen molar-refractivity contribution < 1.29 is 14.0 Å². The Morgan fingerprint density at radius 1 is 0.697 bits per heavy atom. The SMILES string of the molecule is COc1ccc(N(c2ccc(OC)cc2)c2ccc3c(c2)-c2cccc[n+]2C(C)C3C)cc1. The number of benzene rings is 3. The second-order valence-corrected chi connectivity index (χ2v) is 8.53. The van der Waals surface area contributed by atoms with E-state index in [4.69, 9.17) is 9.47 Å². The predicted molar refractivity (Wildman–Crippen MR) is 133 cm³/mol. The van der Waals surface area contributed by atoms with Crippen LogP contribution in [0.25, 0.3) is 11.3 Å². The van der Waals surface area contributed by atoms with E-state index >= 15 is 0 Å². The van der Waals surface area contributed by atoms with Gasteiger partial charge in [0.2, 0.25) is 5.69 Å². The third kappa shape index (κ3) is 3.72. The van der Waals surface area contributed by atoms with Gasteiger partial charge in [0.25, 0.3) is 0 Å². The van der Waals surface area contributed by atoms with Gasteiger partial charge in [0.15, 0.2) is 12.2 Å². The molecule has 1 aromatic heterocycles. The van der Waals surface area contributed by atoms with Crippen LogP contribution in [0.15, 0.2) is 91.1 Å². The molecular weight excluding hydrogens is 408 g/mol. The second kappa shape index (κ2) is 8.62. The maximum Gasteiger partial charge on any atom is 0.213 e. The fourth-order valence-electron chi connectivity index (χ4n) is 4.75. The molecule has 0 bridgehead atoms. The first-order chi connectivity index (χ1) is 16.1. The Morgan fingerprint density at radius 2 is 1.27 bits per heavy atom. The molecule has 33 heavy (non-hydrogen) atoms. The molecule has 5 rings (SSSR count). The van der Waals surface area contributed by atoms with E-state index in [-0.39, 0.29) is 0 Å². The minimum absolute atomic E-state index is 0.416. The van der Waals surface area contributed by atoms with Crippen LogP contribution < -0.4 is 18.9 Å². The van der Waals surface area contributed by atoms with Crippen LogP contribution in [-0.2, 0) is 0 Å². The molecule has 0 N–H and O–H groups in total. The number of aromatic nitrogens is 1. The number of methoxy groups -OCH3 is 2. The number of ether oxygens (including phenoxy) is 2. The molecule has 0 amide bonds. The highest BCUT2D eigenvalue weighted by Crippen LogP contribution is 2.42. The molecule has 2 unspecified atom stereocenters. The largest absolute Gasteiger partial charge is 0.497 e. The molecule has 0 fully saturated rings. The number of pyridine rings is 1. The highest BCUT2D eigenvalue weighted by molar-refractivity contribution is 5.80. The summed E-state index contributed by atoms with van der Waals surface area (Å²) in [6.45, 7) is 4.61. The van der Waals surface area contributed by atoms with E-state index < -0.39 is 0 Å². The van der Waals surface area contributed by atoms with Gasteiger partial charge >= 0.3 is 0 Å². The van der Waals surface area contributed by atoms with Crippen molar-refractivity contribution >= 4 is 17.1 Å². The first-order valence-electron chi connectivity index (χ1n) is 11.3. The number of hydrogen-bond acceptors (Lipinski definition) is 3. The van der Waals surface area contributed by atoms with Gasteiger partial charge < -0.3 is 14.4 Å². The summed E-state index contributed by atoms with van der Waals surface area (Å²) >= 11 is 0. The smallest absolute Gasteiger partial charge is 0.213 e. The number of fused-ring (bicyclic) bond motifs is 3. The average Bonchev–Trinajstić information content (AvgIpc) is 2.88. The van der Waals surface area contributed by atoms with E-state index in [9.17, 15) is 0 Å². The van der Waals surface area contributed by atoms with Gasteiger partial charge in [-0.2, -0.15) is 4.57 Å². The molecule has 0 spiro atoms. The van der Waals surface area contributed by atoms with Crippen LogP contribution in [0.4, 0.5) is 17.1 Å². The van der Waals surface area contributed by atoms with Crippen molar-refractivity contribution in [3.63, 3.8) is 0 Å². The van der Waals surface area contributed by atoms with Crippen molar-refractivity contribution in [3.8, 4) is 22.8 Å². The summed E-state index contributed by atoms with van der Waals surface area (Å²) in [6.07, 6.45) is 2.19. The van der Waals surface area contributed by atoms with E-state index in [1.165, 1.54) is 16.8 Å². The molecule has 3 aromatic carbocycles. The molecule has 1 aliphatic heterocycles. The van der Waals surface area contributed by atoms with E-state index in [1.807, 2.05) is 24.3 Å². The predicted octanol–water partition coefficient (Wildman–Crippen LogP) is 6.81. The third-order valence-electron chi connectivity index (χ3n) is 6.78. The number of nitrogens with zero attached hydrogens (tertiary/aromatic N) is 2. The Balaban J connectivity index is 1.67. The van der Waals surface area contributed by atoms with Gasteiger partial charge in [-0.1, -0.05) is 13.0 Å². The maximum absolute atomic E-state index is 5.39. The number of rotatable bonds is 5. The van der Waals surface area contributed by atoms with E-state index in [2.05, 4.69) is 90.2 Å². The molecule has 2 heterocycles. The summed E-state index contributed by atoms with van der Waals surface area (Å²) in [5, 5.41) is 0. The minimum atomic E-state index is 0.416. The normalized spacial score (nSPS) is 16.5. The van der Waals surface area contributed by atoms with Gasteiger partial charge in [-0.15, -0.1) is 0 Å². The van der Waals surface area contributed by atoms with E-state index in [0.717, 1.165) is 28.6 Å². The Kier molecular flexibility index (Phi) is 5.51. The summed E-state index contributed by atoms with van der Waals surface area (Å²) in [5.74, 6) is 2.11. The third-order valence-corrected chi connectivity index (χ3v) is 6.78. The molecule has 1 aliphatic rings. The lowest BCUT2D eigenvalue weighted by molar-refractivity contribution is -0.714. The van der Waals surface area contributed by atoms with Gasteiger partial charge in [0.1, 0.15) is 11.5 Å². The highest BCUT2D eigenvalue weighted by Gasteiger charge is 2.34. The van der Waals surface area contributed by atoms with Gasteiger partial charge in [-0.05, 0) is 79.2 Å². The summed E-state index contributed by atoms with van der Waals surface area (Å²) in [5.41, 5.74) is 7.18. The number of hydrogen-bond donors (Lipinski definition) is 0. The van der Waals surface area contributed by atoms with Crippen molar-refractivity contribution in [1.29, 1.82) is 0 Å². The fourth-order valence-corrected chi connectivity index (χ4v) is 4.75. The standard InChI is InChI=1S/C29H29N2O2/c1-20-21(2)30-18-6-5-7-29(30)28-19-24(12-17-27(20)28)31(22-8-13-25(32-3)14-9-22)23-10-15-26(33-4)16-11-23/h5-21H,1-4H3/q+1. The Labute approximate surface area is 195 Å². The zero-order chi connectivity index (χ0) is 22.9. The van der Waals surface area contributed by atoms with Crippen LogP contribution in [0.1, 0.15) is 31.4 Å². The monoisotopic (exact) mass is 437 g/mol. The molecule has 166 valence electrons. The van der Waals surface area contributed by atoms with Crippen LogP contribution in [0, 0.1) is 0 Å². The molecule has 0 aliphatic carbocycles. The maximum atomic E-state index is 5.39. The molecule has 0 radical (unpaired) electrons. The Morgan fingerprint density at radius 3 is 1.85 bits per heavy atom. The van der Waals surface area contributed by atoms with Gasteiger partial charge in [0, 0.05) is 35.1 Å². The fraction of sp³-hybridized carbons (Fsp3) is 0.207. The summed E-state index contributed by atoms with van der Waals surface area (Å²) in [6, 6.07) is 30.1. The summed E-state index contributed by atoms with van der Waals surface area (Å²) < 4.78 is 13.2. The van der Waals surface area contributed by atoms with Crippen LogP contribution in [0.3, 0.4) is 0 Å². The van der Waals surface area contributed by atoms with E-state index in [1.54, 1.807) is 14.2 Å². The van der Waals surface area contributed by atoms with Crippen molar-refractivity contribution in [2.24, 2.45) is 0 Å². The number of anilines is 3. The molecule has 4 nitrogen and oxygen atoms in total. The van der Waals surface area contributed by atoms with Crippen LogP contribution in [0.2, 0.25) is 0 Å². The summed E-state index contributed by atoms with van der Waals surface area (Å²) in [7, 11) is 3.38. The second-order valence-electron chi connectivity index (χ2n) is 8.53. The summed E-state index contributed by atoms with van der Waals surface area (Å²) in [4.78, 5) is 2.27. The zero-order valence-electron chi connectivity index (χ0n) is 19.5. The topological polar surface area (TPSA) is 25.6 Å². The Hall–Kier alpha value is -3.79. The Bertz CT molecular complexity index is 1220. The first kappa shape index (κ1) is 21.1. The van der Waals surface area contributed by atoms with Gasteiger partial charge in [-0.25, -0.2) is 0 Å². The van der Waals surface area contributed by atoms with Crippen LogP contribution in [-0.4, -0.2) is 14.2 Å². The first-order valence-corrected chi connectivity index (χ1v) is 11.3. The van der Waals surface area contributed by atoms with Crippen molar-refractivity contribution in [2.45, 2.75) is 25.8 Å². The molecule has 0 saturated heterocycles. The molecule has 2 atom stereocenters. The lowest BCUT2D eigenvalue weighted by atomic mass is 9.84. The highest BCUT2D eigenvalue weighted by atomic mass is 16.5. The van der Waals surface area contributed by atoms with Crippen molar-refractivity contribution in [1.82, 2.24) is 0 Å². The average molecular weight is 438 g/mol. The lowest BCUT2D eigenvalue weighted by Crippen LogP contribution is -2.45.